The van der Waals surface area contributed by atoms with Crippen molar-refractivity contribution in [2.45, 2.75) is 12.8 Å². The Labute approximate surface area is 175 Å². The lowest BCUT2D eigenvalue weighted by molar-refractivity contribution is -0.140. The molecule has 0 saturated carbocycles. The molecule has 8 nitrogen and oxygen atoms in total. The monoisotopic (exact) mass is 418 g/mol. The normalized spacial score (nSPS) is 10.2. The van der Waals surface area contributed by atoms with Crippen LogP contribution in [0.5, 0.6) is 23.0 Å². The molecule has 2 rings (SSSR count). The highest BCUT2D eigenvalue weighted by atomic mass is 16.5. The van der Waals surface area contributed by atoms with Crippen molar-refractivity contribution in [2.75, 3.05) is 42.7 Å². The molecule has 0 radical (unpaired) electrons. The first-order chi connectivity index (χ1) is 14.4. The van der Waals surface area contributed by atoms with Crippen LogP contribution < -0.4 is 18.9 Å². The van der Waals surface area contributed by atoms with E-state index in [9.17, 15) is 9.59 Å². The molecule has 0 aromatic heterocycles. The van der Waals surface area contributed by atoms with E-state index in [1.807, 2.05) is 0 Å². The molecule has 0 aliphatic carbocycles. The maximum atomic E-state index is 12.0. The molecule has 0 N–H and O–H groups in total. The van der Waals surface area contributed by atoms with Crippen molar-refractivity contribution in [1.29, 1.82) is 0 Å². The molecule has 0 spiro atoms. The van der Waals surface area contributed by atoms with E-state index in [-0.39, 0.29) is 12.8 Å². The second-order valence-electron chi connectivity index (χ2n) is 6.23. The minimum atomic E-state index is -0.418. The van der Waals surface area contributed by atoms with Gasteiger partial charge in [-0.2, -0.15) is 0 Å². The van der Waals surface area contributed by atoms with Gasteiger partial charge >= 0.3 is 11.9 Å². The van der Waals surface area contributed by atoms with Crippen molar-refractivity contribution < 1.29 is 38.0 Å². The number of ether oxygens (including phenoxy) is 6. The number of esters is 2. The van der Waals surface area contributed by atoms with Gasteiger partial charge < -0.3 is 28.4 Å². The number of hydrogen-bond donors (Lipinski definition) is 0. The summed E-state index contributed by atoms with van der Waals surface area (Å²) in [4.78, 5) is 24.1. The molecule has 0 fully saturated rings. The van der Waals surface area contributed by atoms with Gasteiger partial charge in [-0.25, -0.2) is 0 Å². The Morgan fingerprint density at radius 2 is 0.867 bits per heavy atom. The van der Waals surface area contributed by atoms with Gasteiger partial charge in [-0.1, -0.05) is 0 Å². The molecule has 2 aromatic rings. The van der Waals surface area contributed by atoms with Crippen LogP contribution in [0.4, 0.5) is 0 Å². The summed E-state index contributed by atoms with van der Waals surface area (Å²) < 4.78 is 31.3. The Kier molecular flexibility index (Phi) is 7.91. The highest BCUT2D eigenvalue weighted by Gasteiger charge is 2.21. The second kappa shape index (κ2) is 10.4. The van der Waals surface area contributed by atoms with E-state index in [0.717, 1.165) is 0 Å². The fourth-order valence-electron chi connectivity index (χ4n) is 3.09. The summed E-state index contributed by atoms with van der Waals surface area (Å²) in [6.45, 7) is 0. The minimum absolute atomic E-state index is 0.00179. The first-order valence-electron chi connectivity index (χ1n) is 9.06. The standard InChI is InChI=1S/C22H26O8/c1-25-17-7-13(9-21(23)29-5)15(11-19(17)27-3)16-12-20(28-4)18(26-2)8-14(16)10-22(24)30-6/h7-8,11-12H,9-10H2,1-6H3. The molecule has 0 saturated heterocycles. The molecule has 0 amide bonds. The lowest BCUT2D eigenvalue weighted by Crippen LogP contribution is -2.09. The van der Waals surface area contributed by atoms with Gasteiger partial charge in [-0.05, 0) is 46.5 Å². The van der Waals surface area contributed by atoms with Gasteiger partial charge in [0.05, 0.1) is 55.5 Å². The molecule has 8 heteroatoms. The van der Waals surface area contributed by atoms with Crippen LogP contribution in [0.25, 0.3) is 11.1 Å². The molecular formula is C22H26O8. The number of carbonyl (C=O) groups is 2. The van der Waals surface area contributed by atoms with E-state index < -0.39 is 11.9 Å². The molecule has 0 unspecified atom stereocenters. The van der Waals surface area contributed by atoms with E-state index in [4.69, 9.17) is 28.4 Å². The van der Waals surface area contributed by atoms with Crippen LogP contribution in [0.2, 0.25) is 0 Å². The quantitative estimate of drug-likeness (QED) is 0.575. The third kappa shape index (κ3) is 4.94. The van der Waals surface area contributed by atoms with E-state index in [1.54, 1.807) is 24.3 Å². The van der Waals surface area contributed by atoms with E-state index in [1.165, 1.54) is 42.7 Å². The third-order valence-corrected chi connectivity index (χ3v) is 4.63. The summed E-state index contributed by atoms with van der Waals surface area (Å²) in [5, 5.41) is 0. The van der Waals surface area contributed by atoms with Crippen LogP contribution in [-0.4, -0.2) is 54.6 Å². The largest absolute Gasteiger partial charge is 0.493 e. The lowest BCUT2D eigenvalue weighted by Gasteiger charge is -2.19. The van der Waals surface area contributed by atoms with Gasteiger partial charge in [0.15, 0.2) is 23.0 Å². The first kappa shape index (κ1) is 22.9. The minimum Gasteiger partial charge on any atom is -0.493 e. The highest BCUT2D eigenvalue weighted by Crippen LogP contribution is 2.41. The molecule has 162 valence electrons. The van der Waals surface area contributed by atoms with Crippen molar-refractivity contribution >= 4 is 11.9 Å². The van der Waals surface area contributed by atoms with E-state index >= 15 is 0 Å². The van der Waals surface area contributed by atoms with Crippen molar-refractivity contribution in [3.8, 4) is 34.1 Å². The van der Waals surface area contributed by atoms with E-state index in [0.29, 0.717) is 45.3 Å². The summed E-state index contributed by atoms with van der Waals surface area (Å²) in [6, 6.07) is 6.92. The number of rotatable bonds is 9. The van der Waals surface area contributed by atoms with Crippen molar-refractivity contribution in [1.82, 2.24) is 0 Å². The van der Waals surface area contributed by atoms with Crippen LogP contribution in [-0.2, 0) is 31.9 Å². The van der Waals surface area contributed by atoms with Crippen molar-refractivity contribution in [3.05, 3.63) is 35.4 Å². The first-order valence-corrected chi connectivity index (χ1v) is 9.06. The second-order valence-corrected chi connectivity index (χ2v) is 6.23. The maximum absolute atomic E-state index is 12.0. The summed E-state index contributed by atoms with van der Waals surface area (Å²) in [5.74, 6) is 1.04. The van der Waals surface area contributed by atoms with Crippen LogP contribution >= 0.6 is 0 Å². The van der Waals surface area contributed by atoms with E-state index in [2.05, 4.69) is 0 Å². The average Bonchev–Trinajstić information content (AvgIpc) is 2.78. The molecule has 0 heterocycles. The fraction of sp³-hybridized carbons (Fsp3) is 0.364. The summed E-state index contributed by atoms with van der Waals surface area (Å²) in [5.41, 5.74) is 2.60. The fourth-order valence-corrected chi connectivity index (χ4v) is 3.09. The summed E-state index contributed by atoms with van der Waals surface area (Å²) in [6.07, 6.45) is -0.00358. The molecule has 0 bridgehead atoms. The Hall–Kier alpha value is -3.42. The van der Waals surface area contributed by atoms with Crippen molar-refractivity contribution in [2.24, 2.45) is 0 Å². The van der Waals surface area contributed by atoms with Gasteiger partial charge in [-0.3, -0.25) is 9.59 Å². The molecule has 30 heavy (non-hydrogen) atoms. The zero-order valence-electron chi connectivity index (χ0n) is 18.0. The third-order valence-electron chi connectivity index (χ3n) is 4.63. The van der Waals surface area contributed by atoms with Gasteiger partial charge in [0.25, 0.3) is 0 Å². The van der Waals surface area contributed by atoms with Crippen LogP contribution in [0.15, 0.2) is 24.3 Å². The predicted octanol–water partition coefficient (Wildman–Crippen LogP) is 2.82. The molecule has 2 aromatic carbocycles. The average molecular weight is 418 g/mol. The smallest absolute Gasteiger partial charge is 0.310 e. The number of hydrogen-bond acceptors (Lipinski definition) is 8. The molecule has 0 aliphatic heterocycles. The number of carbonyl (C=O) groups excluding carboxylic acids is 2. The predicted molar refractivity (Wildman–Crippen MR) is 110 cm³/mol. The Bertz CT molecular complexity index is 844. The Morgan fingerprint density at radius 1 is 0.567 bits per heavy atom. The highest BCUT2D eigenvalue weighted by molar-refractivity contribution is 5.84. The molecule has 0 atom stereocenters. The van der Waals surface area contributed by atoms with Crippen LogP contribution in [0.1, 0.15) is 11.1 Å². The Balaban J connectivity index is 2.81. The summed E-state index contributed by atoms with van der Waals surface area (Å²) >= 11 is 0. The van der Waals surface area contributed by atoms with Crippen molar-refractivity contribution in [3.63, 3.8) is 0 Å². The maximum Gasteiger partial charge on any atom is 0.310 e. The lowest BCUT2D eigenvalue weighted by atomic mass is 9.91. The zero-order valence-corrected chi connectivity index (χ0v) is 18.0. The van der Waals surface area contributed by atoms with Gasteiger partial charge in [0, 0.05) is 0 Å². The zero-order chi connectivity index (χ0) is 22.3. The van der Waals surface area contributed by atoms with Crippen LogP contribution in [0.3, 0.4) is 0 Å². The van der Waals surface area contributed by atoms with Gasteiger partial charge in [0.1, 0.15) is 0 Å². The Morgan fingerprint density at radius 3 is 1.13 bits per heavy atom. The summed E-state index contributed by atoms with van der Waals surface area (Å²) in [7, 11) is 8.71. The topological polar surface area (TPSA) is 89.5 Å². The van der Waals surface area contributed by atoms with Gasteiger partial charge in [-0.15, -0.1) is 0 Å². The van der Waals surface area contributed by atoms with Crippen LogP contribution in [0, 0.1) is 0 Å². The number of methoxy groups -OCH3 is 6. The SMILES string of the molecule is COC(=O)Cc1cc(OC)c(OC)cc1-c1cc(OC)c(OC)cc1CC(=O)OC. The molecule has 0 aliphatic rings. The van der Waals surface area contributed by atoms with Gasteiger partial charge in [0.2, 0.25) is 0 Å². The molecular weight excluding hydrogens is 392 g/mol. The number of benzene rings is 2.